The van der Waals surface area contributed by atoms with E-state index in [1.807, 2.05) is 31.2 Å². The van der Waals surface area contributed by atoms with Crippen molar-refractivity contribution in [2.24, 2.45) is 0 Å². The third-order valence-electron chi connectivity index (χ3n) is 2.64. The molecule has 0 aliphatic carbocycles. The van der Waals surface area contributed by atoms with E-state index in [1.165, 1.54) is 0 Å². The summed E-state index contributed by atoms with van der Waals surface area (Å²) in [5.41, 5.74) is 1.78. The maximum Gasteiger partial charge on any atom is 0.257 e. The molecule has 2 N–H and O–H groups in total. The van der Waals surface area contributed by atoms with E-state index < -0.39 is 6.10 Å². The number of hydrogen-bond donors (Lipinski definition) is 2. The number of aliphatic hydroxyl groups excluding tert-OH is 1. The first kappa shape index (κ1) is 13.8. The molecule has 0 spiro atoms. The number of alkyl halides is 1. The molecule has 1 unspecified atom stereocenters. The third kappa shape index (κ3) is 3.68. The van der Waals surface area contributed by atoms with Gasteiger partial charge in [0.25, 0.3) is 5.89 Å². The molecule has 0 saturated heterocycles. The van der Waals surface area contributed by atoms with Crippen LogP contribution in [0.3, 0.4) is 0 Å². The van der Waals surface area contributed by atoms with Gasteiger partial charge in [0, 0.05) is 24.2 Å². The molecule has 2 rings (SSSR count). The zero-order valence-electron chi connectivity index (χ0n) is 10.6. The molecule has 19 heavy (non-hydrogen) atoms. The van der Waals surface area contributed by atoms with Gasteiger partial charge in [0.15, 0.2) is 5.82 Å². The van der Waals surface area contributed by atoms with E-state index in [4.69, 9.17) is 16.1 Å². The molecule has 0 aliphatic rings. The lowest BCUT2D eigenvalue weighted by atomic mass is 10.2. The Labute approximate surface area is 116 Å². The maximum atomic E-state index is 9.35. The summed E-state index contributed by atoms with van der Waals surface area (Å²) in [6.45, 7) is 2.40. The van der Waals surface area contributed by atoms with Crippen molar-refractivity contribution < 1.29 is 9.63 Å². The van der Waals surface area contributed by atoms with Gasteiger partial charge >= 0.3 is 0 Å². The second-order valence-electron chi connectivity index (χ2n) is 4.14. The van der Waals surface area contributed by atoms with Crippen LogP contribution in [0, 0.1) is 0 Å². The van der Waals surface area contributed by atoms with Crippen molar-refractivity contribution >= 4 is 17.3 Å². The van der Waals surface area contributed by atoms with Crippen LogP contribution in [0.2, 0.25) is 0 Å². The summed E-state index contributed by atoms with van der Waals surface area (Å²) in [5, 5.41) is 16.3. The van der Waals surface area contributed by atoms with E-state index in [0.717, 1.165) is 17.7 Å². The minimum atomic E-state index is -0.551. The Hall–Kier alpha value is -1.59. The van der Waals surface area contributed by atoms with E-state index in [0.29, 0.717) is 18.3 Å². The predicted octanol–water partition coefficient (Wildman–Crippen LogP) is 2.31. The standard InChI is InChI=1S/C13H16ClN3O2/c1-2-12-16-13(19-17-12)9-3-5-10(6-4-9)15-8-11(18)7-14/h3-6,11,15,18H,2,7-8H2,1H3. The topological polar surface area (TPSA) is 71.2 Å². The predicted molar refractivity (Wildman–Crippen MR) is 74.3 cm³/mol. The summed E-state index contributed by atoms with van der Waals surface area (Å²) in [6, 6.07) is 7.57. The lowest BCUT2D eigenvalue weighted by molar-refractivity contribution is 0.211. The van der Waals surface area contributed by atoms with Crippen LogP contribution in [0.4, 0.5) is 5.69 Å². The van der Waals surface area contributed by atoms with E-state index in [9.17, 15) is 5.11 Å². The molecule has 1 aromatic carbocycles. The van der Waals surface area contributed by atoms with Crippen molar-refractivity contribution in [3.05, 3.63) is 30.1 Å². The fraction of sp³-hybridized carbons (Fsp3) is 0.385. The highest BCUT2D eigenvalue weighted by Gasteiger charge is 2.07. The molecule has 2 aromatic rings. The lowest BCUT2D eigenvalue weighted by Gasteiger charge is -2.09. The average Bonchev–Trinajstić information content (AvgIpc) is 2.94. The normalized spacial score (nSPS) is 12.4. The van der Waals surface area contributed by atoms with E-state index in [1.54, 1.807) is 0 Å². The van der Waals surface area contributed by atoms with Crippen molar-refractivity contribution in [2.45, 2.75) is 19.4 Å². The van der Waals surface area contributed by atoms with Gasteiger partial charge < -0.3 is 14.9 Å². The van der Waals surface area contributed by atoms with Crippen molar-refractivity contribution in [1.82, 2.24) is 10.1 Å². The Bertz CT molecular complexity index is 513. The molecule has 1 heterocycles. The fourth-order valence-corrected chi connectivity index (χ4v) is 1.64. The van der Waals surface area contributed by atoms with E-state index >= 15 is 0 Å². The molecule has 1 aromatic heterocycles. The molecule has 102 valence electrons. The van der Waals surface area contributed by atoms with Gasteiger partial charge in [-0.2, -0.15) is 4.98 Å². The molecule has 0 bridgehead atoms. The average molecular weight is 282 g/mol. The van der Waals surface area contributed by atoms with Crippen LogP contribution in [0.15, 0.2) is 28.8 Å². The van der Waals surface area contributed by atoms with E-state index in [2.05, 4.69) is 15.5 Å². The van der Waals surface area contributed by atoms with Crippen molar-refractivity contribution in [3.63, 3.8) is 0 Å². The number of nitrogens with zero attached hydrogens (tertiary/aromatic N) is 2. The monoisotopic (exact) mass is 281 g/mol. The highest BCUT2D eigenvalue weighted by molar-refractivity contribution is 6.18. The minimum Gasteiger partial charge on any atom is -0.390 e. The Balaban J connectivity index is 2.01. The zero-order valence-corrected chi connectivity index (χ0v) is 11.4. The Morgan fingerprint density at radius 3 is 2.68 bits per heavy atom. The molecule has 0 amide bonds. The summed E-state index contributed by atoms with van der Waals surface area (Å²) in [7, 11) is 0. The van der Waals surface area contributed by atoms with Gasteiger partial charge in [0.2, 0.25) is 0 Å². The van der Waals surface area contributed by atoms with Crippen LogP contribution in [-0.4, -0.2) is 33.8 Å². The smallest absolute Gasteiger partial charge is 0.257 e. The third-order valence-corrected chi connectivity index (χ3v) is 2.99. The van der Waals surface area contributed by atoms with Gasteiger partial charge in [0.1, 0.15) is 0 Å². The van der Waals surface area contributed by atoms with Gasteiger partial charge in [-0.05, 0) is 24.3 Å². The number of aromatic nitrogens is 2. The largest absolute Gasteiger partial charge is 0.390 e. The number of hydrogen-bond acceptors (Lipinski definition) is 5. The molecule has 6 heteroatoms. The number of aliphatic hydroxyl groups is 1. The number of anilines is 1. The zero-order chi connectivity index (χ0) is 13.7. The van der Waals surface area contributed by atoms with E-state index in [-0.39, 0.29) is 5.88 Å². The SMILES string of the molecule is CCc1noc(-c2ccc(NCC(O)CCl)cc2)n1. The van der Waals surface area contributed by atoms with Crippen LogP contribution in [-0.2, 0) is 6.42 Å². The number of benzene rings is 1. The number of halogens is 1. The Kier molecular flexibility index (Phi) is 4.76. The second-order valence-corrected chi connectivity index (χ2v) is 4.44. The van der Waals surface area contributed by atoms with Gasteiger partial charge in [-0.3, -0.25) is 0 Å². The van der Waals surface area contributed by atoms with Crippen molar-refractivity contribution in [2.75, 3.05) is 17.7 Å². The lowest BCUT2D eigenvalue weighted by Crippen LogP contribution is -2.20. The first-order chi connectivity index (χ1) is 9.22. The van der Waals surface area contributed by atoms with Gasteiger partial charge in [-0.15, -0.1) is 11.6 Å². The summed E-state index contributed by atoms with van der Waals surface area (Å²) in [4.78, 5) is 4.26. The first-order valence-corrected chi connectivity index (χ1v) is 6.67. The molecule has 0 aliphatic heterocycles. The molecular formula is C13H16ClN3O2. The van der Waals surface area contributed by atoms with Crippen LogP contribution < -0.4 is 5.32 Å². The molecule has 0 fully saturated rings. The summed E-state index contributed by atoms with van der Waals surface area (Å²) < 4.78 is 5.16. The van der Waals surface area contributed by atoms with Gasteiger partial charge in [-0.25, -0.2) is 0 Å². The van der Waals surface area contributed by atoms with Crippen LogP contribution in [0.1, 0.15) is 12.7 Å². The Morgan fingerprint density at radius 2 is 2.11 bits per heavy atom. The van der Waals surface area contributed by atoms with Crippen LogP contribution >= 0.6 is 11.6 Å². The van der Waals surface area contributed by atoms with Crippen molar-refractivity contribution in [3.8, 4) is 11.5 Å². The van der Waals surface area contributed by atoms with Crippen LogP contribution in [0.25, 0.3) is 11.5 Å². The highest BCUT2D eigenvalue weighted by Crippen LogP contribution is 2.19. The maximum absolute atomic E-state index is 9.35. The molecule has 0 radical (unpaired) electrons. The quantitative estimate of drug-likeness (QED) is 0.795. The van der Waals surface area contributed by atoms with Crippen LogP contribution in [0.5, 0.6) is 0 Å². The molecule has 0 saturated carbocycles. The molecular weight excluding hydrogens is 266 g/mol. The summed E-state index contributed by atoms with van der Waals surface area (Å²) in [5.74, 6) is 1.43. The summed E-state index contributed by atoms with van der Waals surface area (Å²) >= 11 is 5.52. The van der Waals surface area contributed by atoms with Gasteiger partial charge in [-0.1, -0.05) is 12.1 Å². The number of nitrogens with one attached hydrogen (secondary N) is 1. The fourth-order valence-electron chi connectivity index (χ4n) is 1.54. The minimum absolute atomic E-state index is 0.215. The summed E-state index contributed by atoms with van der Waals surface area (Å²) in [6.07, 6.45) is 0.198. The van der Waals surface area contributed by atoms with Gasteiger partial charge in [0.05, 0.1) is 12.0 Å². The number of aryl methyl sites for hydroxylation is 1. The highest BCUT2D eigenvalue weighted by atomic mass is 35.5. The first-order valence-electron chi connectivity index (χ1n) is 6.14. The Morgan fingerprint density at radius 1 is 1.37 bits per heavy atom. The van der Waals surface area contributed by atoms with Crippen molar-refractivity contribution in [1.29, 1.82) is 0 Å². The number of rotatable bonds is 6. The second kappa shape index (κ2) is 6.54. The molecule has 5 nitrogen and oxygen atoms in total. The molecule has 1 atom stereocenters.